The van der Waals surface area contributed by atoms with Gasteiger partial charge in [0.05, 0.1) is 32.8 Å². The number of hydrogen-bond donors (Lipinski definition) is 1. The van der Waals surface area contributed by atoms with E-state index in [1.54, 1.807) is 0 Å². The molecule has 3 heterocycles. The monoisotopic (exact) mass is 450 g/mol. The van der Waals surface area contributed by atoms with Crippen molar-refractivity contribution in [1.29, 1.82) is 0 Å². The molecule has 2 atom stereocenters. The minimum atomic E-state index is -0.863. The van der Waals surface area contributed by atoms with Crippen LogP contribution in [-0.4, -0.2) is 55.1 Å². The summed E-state index contributed by atoms with van der Waals surface area (Å²) in [4.78, 5) is 0. The predicted octanol–water partition coefficient (Wildman–Crippen LogP) is 5.16. The second kappa shape index (κ2) is 10.2. The van der Waals surface area contributed by atoms with Crippen LogP contribution in [0.1, 0.15) is 50.5 Å². The smallest absolute Gasteiger partial charge is 0.119 e. The molecule has 0 amide bonds. The van der Waals surface area contributed by atoms with E-state index in [2.05, 4.69) is 12.1 Å². The number of quaternary nitrogens is 1. The summed E-state index contributed by atoms with van der Waals surface area (Å²) >= 11 is 0. The van der Waals surface area contributed by atoms with Gasteiger partial charge in [-0.3, -0.25) is 0 Å². The molecule has 3 saturated heterocycles. The Labute approximate surface area is 199 Å². The molecular weight excluding hydrogens is 410 g/mol. The van der Waals surface area contributed by atoms with Crippen LogP contribution in [0.4, 0.5) is 0 Å². The van der Waals surface area contributed by atoms with E-state index in [1.807, 2.05) is 48.5 Å². The Morgan fingerprint density at radius 3 is 2.24 bits per heavy atom. The highest BCUT2D eigenvalue weighted by Crippen LogP contribution is 2.42. The zero-order valence-electron chi connectivity index (χ0n) is 19.9. The summed E-state index contributed by atoms with van der Waals surface area (Å²) in [6, 6.07) is 20.4. The molecule has 1 N–H and O–H groups in total. The van der Waals surface area contributed by atoms with Crippen molar-refractivity contribution in [2.24, 2.45) is 11.8 Å². The number of benzene rings is 2. The van der Waals surface area contributed by atoms with Crippen molar-refractivity contribution in [3.63, 3.8) is 0 Å². The van der Waals surface area contributed by atoms with Crippen molar-refractivity contribution in [1.82, 2.24) is 0 Å². The standard InChI is InChI=1S/C29H40NO3/c31-29(26-12-7-8-13-26,25-10-3-1-4-11-25)23-33-28-22-30(19-16-24(28)17-20-30)18-9-21-32-27-14-5-2-6-15-27/h1-6,10-11,14-15,24,26,28,31H,7-9,12-13,16-23H2/q+1. The van der Waals surface area contributed by atoms with Gasteiger partial charge in [-0.05, 0) is 36.5 Å². The third-order valence-electron chi connectivity index (χ3n) is 8.65. The second-order valence-corrected chi connectivity index (χ2v) is 10.7. The largest absolute Gasteiger partial charge is 0.493 e. The summed E-state index contributed by atoms with van der Waals surface area (Å²) in [7, 11) is 0. The maximum Gasteiger partial charge on any atom is 0.119 e. The molecule has 4 aliphatic rings. The van der Waals surface area contributed by atoms with Gasteiger partial charge in [0.25, 0.3) is 0 Å². The van der Waals surface area contributed by atoms with Crippen LogP contribution in [0.3, 0.4) is 0 Å². The molecule has 4 heteroatoms. The summed E-state index contributed by atoms with van der Waals surface area (Å²) in [5.41, 5.74) is 0.165. The zero-order chi connectivity index (χ0) is 22.6. The summed E-state index contributed by atoms with van der Waals surface area (Å²) in [6.07, 6.45) is 8.47. The first kappa shape index (κ1) is 22.9. The van der Waals surface area contributed by atoms with Gasteiger partial charge in [0, 0.05) is 25.2 Å². The molecule has 2 aromatic carbocycles. The first-order valence-corrected chi connectivity index (χ1v) is 13.1. The molecule has 3 aliphatic heterocycles. The summed E-state index contributed by atoms with van der Waals surface area (Å²) in [6.45, 7) is 5.98. The fourth-order valence-electron chi connectivity index (χ4n) is 6.63. The Balaban J connectivity index is 1.19. The molecular formula is C29H40NO3+. The summed E-state index contributed by atoms with van der Waals surface area (Å²) < 4.78 is 13.8. The molecule has 1 aliphatic carbocycles. The van der Waals surface area contributed by atoms with E-state index in [0.29, 0.717) is 18.4 Å². The van der Waals surface area contributed by atoms with Gasteiger partial charge in [0.15, 0.2) is 0 Å². The number of aliphatic hydroxyl groups is 1. The maximum atomic E-state index is 11.9. The van der Waals surface area contributed by atoms with Gasteiger partial charge in [-0.15, -0.1) is 0 Å². The Bertz CT molecular complexity index is 859. The molecule has 0 spiro atoms. The van der Waals surface area contributed by atoms with Crippen LogP contribution in [0.25, 0.3) is 0 Å². The predicted molar refractivity (Wildman–Crippen MR) is 131 cm³/mol. The molecule has 0 aromatic heterocycles. The number of nitrogens with zero attached hydrogens (tertiary/aromatic N) is 1. The van der Waals surface area contributed by atoms with Crippen LogP contribution >= 0.6 is 0 Å². The number of piperidine rings is 3. The highest BCUT2D eigenvalue weighted by atomic mass is 16.5. The molecule has 2 bridgehead atoms. The minimum absolute atomic E-state index is 0.263. The van der Waals surface area contributed by atoms with E-state index in [4.69, 9.17) is 9.47 Å². The highest BCUT2D eigenvalue weighted by molar-refractivity contribution is 5.24. The maximum absolute atomic E-state index is 11.9. The van der Waals surface area contributed by atoms with Gasteiger partial charge in [-0.25, -0.2) is 0 Å². The van der Waals surface area contributed by atoms with Gasteiger partial charge in [-0.1, -0.05) is 61.4 Å². The van der Waals surface area contributed by atoms with E-state index in [-0.39, 0.29) is 6.10 Å². The van der Waals surface area contributed by atoms with Gasteiger partial charge >= 0.3 is 0 Å². The van der Waals surface area contributed by atoms with Crippen molar-refractivity contribution in [3.8, 4) is 5.75 Å². The molecule has 178 valence electrons. The van der Waals surface area contributed by atoms with E-state index >= 15 is 0 Å². The fraction of sp³-hybridized carbons (Fsp3) is 0.586. The van der Waals surface area contributed by atoms with Crippen LogP contribution in [0, 0.1) is 11.8 Å². The third-order valence-corrected chi connectivity index (χ3v) is 8.65. The Morgan fingerprint density at radius 2 is 1.55 bits per heavy atom. The molecule has 1 saturated carbocycles. The average molecular weight is 451 g/mol. The lowest BCUT2D eigenvalue weighted by Crippen LogP contribution is -2.65. The van der Waals surface area contributed by atoms with Gasteiger partial charge in [0.1, 0.15) is 24.0 Å². The first-order valence-electron chi connectivity index (χ1n) is 13.1. The van der Waals surface area contributed by atoms with Crippen LogP contribution in [-0.2, 0) is 10.3 Å². The van der Waals surface area contributed by atoms with Crippen molar-refractivity contribution in [3.05, 3.63) is 66.2 Å². The first-order chi connectivity index (χ1) is 16.2. The fourth-order valence-corrected chi connectivity index (χ4v) is 6.63. The number of ether oxygens (including phenoxy) is 2. The van der Waals surface area contributed by atoms with E-state index in [9.17, 15) is 5.11 Å². The van der Waals surface area contributed by atoms with Crippen LogP contribution in [0.2, 0.25) is 0 Å². The quantitative estimate of drug-likeness (QED) is 0.401. The van der Waals surface area contributed by atoms with E-state index in [0.717, 1.165) is 54.8 Å². The Morgan fingerprint density at radius 1 is 0.879 bits per heavy atom. The molecule has 4 fully saturated rings. The van der Waals surface area contributed by atoms with Crippen LogP contribution in [0.15, 0.2) is 60.7 Å². The Hall–Kier alpha value is -1.88. The lowest BCUT2D eigenvalue weighted by Gasteiger charge is -2.53. The van der Waals surface area contributed by atoms with Crippen molar-refractivity contribution in [2.75, 3.05) is 39.4 Å². The second-order valence-electron chi connectivity index (χ2n) is 10.7. The zero-order valence-corrected chi connectivity index (χ0v) is 19.9. The Kier molecular flexibility index (Phi) is 7.05. The van der Waals surface area contributed by atoms with Crippen molar-refractivity contribution in [2.45, 2.75) is 56.7 Å². The minimum Gasteiger partial charge on any atom is -0.493 e. The lowest BCUT2D eigenvalue weighted by atomic mass is 9.80. The number of fused-ring (bicyclic) bond motifs is 3. The number of rotatable bonds is 10. The number of hydrogen-bond acceptors (Lipinski definition) is 3. The van der Waals surface area contributed by atoms with Crippen molar-refractivity contribution >= 4 is 0 Å². The molecule has 2 aromatic rings. The summed E-state index contributed by atoms with van der Waals surface area (Å²) in [5.74, 6) is 1.91. The normalized spacial score (nSPS) is 29.1. The van der Waals surface area contributed by atoms with Crippen LogP contribution in [0.5, 0.6) is 5.75 Å². The SMILES string of the molecule is OC(COC1C[N+]2(CCCOc3ccccc3)CCC1CC2)(c1ccccc1)C1CCCC1. The average Bonchev–Trinajstić information content (AvgIpc) is 3.43. The van der Waals surface area contributed by atoms with Gasteiger partial charge < -0.3 is 19.1 Å². The topological polar surface area (TPSA) is 38.7 Å². The molecule has 0 radical (unpaired) electrons. The van der Waals surface area contributed by atoms with E-state index in [1.165, 1.54) is 38.8 Å². The molecule has 2 unspecified atom stereocenters. The highest BCUT2D eigenvalue weighted by Gasteiger charge is 2.48. The van der Waals surface area contributed by atoms with Gasteiger partial charge in [-0.2, -0.15) is 0 Å². The van der Waals surface area contributed by atoms with E-state index < -0.39 is 5.60 Å². The van der Waals surface area contributed by atoms with Crippen molar-refractivity contribution < 1.29 is 19.1 Å². The van der Waals surface area contributed by atoms with Gasteiger partial charge in [0.2, 0.25) is 0 Å². The third kappa shape index (κ3) is 5.13. The molecule has 33 heavy (non-hydrogen) atoms. The summed E-state index contributed by atoms with van der Waals surface area (Å²) in [5, 5.41) is 11.9. The molecule has 4 nitrogen and oxygen atoms in total. The lowest BCUT2D eigenvalue weighted by molar-refractivity contribution is -0.946. The van der Waals surface area contributed by atoms with Crippen LogP contribution < -0.4 is 4.74 Å². The number of para-hydroxylation sites is 1. The molecule has 6 rings (SSSR count).